The summed E-state index contributed by atoms with van der Waals surface area (Å²) >= 11 is 0. The molecule has 1 atom stereocenters. The van der Waals surface area contributed by atoms with Crippen molar-refractivity contribution in [2.75, 3.05) is 13.1 Å². The van der Waals surface area contributed by atoms with Crippen LogP contribution in [0.4, 0.5) is 0 Å². The molecule has 1 saturated heterocycles. The van der Waals surface area contributed by atoms with Crippen LogP contribution in [0.25, 0.3) is 0 Å². The molecule has 59 valence electrons. The molecule has 0 spiro atoms. The smallest absolute Gasteiger partial charge is 0.171 e. The lowest BCUT2D eigenvalue weighted by molar-refractivity contribution is 0.318. The fourth-order valence-corrected chi connectivity index (χ4v) is 1.40. The van der Waals surface area contributed by atoms with E-state index in [4.69, 9.17) is 4.52 Å². The number of hydrogen-bond acceptors (Lipinski definition) is 4. The molecule has 1 aromatic rings. The highest BCUT2D eigenvalue weighted by Crippen LogP contribution is 2.20. The molecule has 1 radical (unpaired) electrons. The van der Waals surface area contributed by atoms with Gasteiger partial charge in [0.25, 0.3) is 0 Å². The van der Waals surface area contributed by atoms with Crippen molar-refractivity contribution in [2.45, 2.75) is 18.8 Å². The maximum atomic E-state index is 4.92. The average Bonchev–Trinajstić information content (AvgIpc) is 2.58. The summed E-state index contributed by atoms with van der Waals surface area (Å²) in [7, 11) is 0. The molecular formula is C7H10N3O. The van der Waals surface area contributed by atoms with Crippen molar-refractivity contribution in [1.82, 2.24) is 15.7 Å². The van der Waals surface area contributed by atoms with Crippen molar-refractivity contribution in [3.05, 3.63) is 12.0 Å². The number of rotatable bonds is 1. The van der Waals surface area contributed by atoms with E-state index in [1.807, 2.05) is 0 Å². The van der Waals surface area contributed by atoms with Gasteiger partial charge in [0.1, 0.15) is 0 Å². The standard InChI is InChI=1S/C7H10N3O/c1-2-6(4-8-3-1)7-5-9-10-11-7/h6,8H,1-4H2. The van der Waals surface area contributed by atoms with Crippen LogP contribution in [0.1, 0.15) is 24.5 Å². The highest BCUT2D eigenvalue weighted by Gasteiger charge is 2.18. The zero-order chi connectivity index (χ0) is 7.52. The van der Waals surface area contributed by atoms with E-state index in [1.54, 1.807) is 0 Å². The third kappa shape index (κ3) is 1.40. The molecule has 11 heavy (non-hydrogen) atoms. The maximum absolute atomic E-state index is 4.92. The summed E-state index contributed by atoms with van der Waals surface area (Å²) in [5.41, 5.74) is 0. The third-order valence-electron chi connectivity index (χ3n) is 2.01. The van der Waals surface area contributed by atoms with Crippen LogP contribution in [-0.2, 0) is 0 Å². The molecule has 1 N–H and O–H groups in total. The van der Waals surface area contributed by atoms with Crippen LogP contribution >= 0.6 is 0 Å². The second-order valence-corrected chi connectivity index (χ2v) is 2.79. The van der Waals surface area contributed by atoms with Crippen molar-refractivity contribution in [3.63, 3.8) is 0 Å². The minimum absolute atomic E-state index is 0.429. The van der Waals surface area contributed by atoms with Gasteiger partial charge in [0.05, 0.1) is 0 Å². The van der Waals surface area contributed by atoms with Gasteiger partial charge in [0, 0.05) is 17.7 Å². The number of aromatic nitrogens is 2. The van der Waals surface area contributed by atoms with Crippen LogP contribution in [0, 0.1) is 6.20 Å². The van der Waals surface area contributed by atoms with E-state index in [2.05, 4.69) is 21.9 Å². The van der Waals surface area contributed by atoms with Crippen molar-refractivity contribution >= 4 is 0 Å². The molecule has 4 heteroatoms. The lowest BCUT2D eigenvalue weighted by atomic mass is 9.98. The van der Waals surface area contributed by atoms with Gasteiger partial charge in [-0.1, -0.05) is 0 Å². The van der Waals surface area contributed by atoms with E-state index in [1.165, 1.54) is 6.42 Å². The van der Waals surface area contributed by atoms with Crippen LogP contribution in [0.3, 0.4) is 0 Å². The fourth-order valence-electron chi connectivity index (χ4n) is 1.40. The Labute approximate surface area is 65.0 Å². The minimum Gasteiger partial charge on any atom is -0.341 e. The molecule has 1 unspecified atom stereocenters. The molecule has 1 fully saturated rings. The number of nitrogens with zero attached hydrogens (tertiary/aromatic N) is 2. The van der Waals surface area contributed by atoms with Crippen LogP contribution in [0.15, 0.2) is 4.52 Å². The molecule has 2 rings (SSSR count). The Morgan fingerprint density at radius 3 is 3.27 bits per heavy atom. The molecular weight excluding hydrogens is 142 g/mol. The van der Waals surface area contributed by atoms with Crippen LogP contribution in [0.5, 0.6) is 0 Å². The number of piperidine rings is 1. The summed E-state index contributed by atoms with van der Waals surface area (Å²) in [4.78, 5) is 0. The van der Waals surface area contributed by atoms with E-state index in [0.717, 1.165) is 25.3 Å². The summed E-state index contributed by atoms with van der Waals surface area (Å²) in [5.74, 6) is 1.22. The summed E-state index contributed by atoms with van der Waals surface area (Å²) < 4.78 is 4.92. The van der Waals surface area contributed by atoms with Gasteiger partial charge in [-0.2, -0.15) is 0 Å². The van der Waals surface area contributed by atoms with E-state index >= 15 is 0 Å². The van der Waals surface area contributed by atoms with Gasteiger partial charge < -0.3 is 9.84 Å². The molecule has 4 nitrogen and oxygen atoms in total. The number of hydrogen-bond donors (Lipinski definition) is 1. The van der Waals surface area contributed by atoms with Gasteiger partial charge in [0.2, 0.25) is 0 Å². The normalized spacial score (nSPS) is 25.3. The topological polar surface area (TPSA) is 51.0 Å². The summed E-state index contributed by atoms with van der Waals surface area (Å²) in [6.07, 6.45) is 5.09. The molecule has 1 aliphatic heterocycles. The highest BCUT2D eigenvalue weighted by atomic mass is 16.5. The van der Waals surface area contributed by atoms with Crippen molar-refractivity contribution in [2.24, 2.45) is 0 Å². The lowest BCUT2D eigenvalue weighted by Crippen LogP contribution is -2.28. The van der Waals surface area contributed by atoms with Crippen molar-refractivity contribution in [1.29, 1.82) is 0 Å². The Kier molecular flexibility index (Phi) is 1.85. The van der Waals surface area contributed by atoms with E-state index in [9.17, 15) is 0 Å². The molecule has 0 amide bonds. The first-order valence-corrected chi connectivity index (χ1v) is 3.87. The predicted octanol–water partition coefficient (Wildman–Crippen LogP) is 0.337. The zero-order valence-electron chi connectivity index (χ0n) is 6.21. The van der Waals surface area contributed by atoms with Gasteiger partial charge in [-0.25, -0.2) is 0 Å². The van der Waals surface area contributed by atoms with Crippen LogP contribution in [-0.4, -0.2) is 23.5 Å². The average molecular weight is 152 g/mol. The first-order valence-electron chi connectivity index (χ1n) is 3.87. The molecule has 2 heterocycles. The molecule has 0 aromatic carbocycles. The fraction of sp³-hybridized carbons (Fsp3) is 0.714. The van der Waals surface area contributed by atoms with E-state index in [0.29, 0.717) is 5.92 Å². The van der Waals surface area contributed by atoms with Gasteiger partial charge in [-0.15, -0.1) is 5.10 Å². The predicted molar refractivity (Wildman–Crippen MR) is 38.0 cm³/mol. The Bertz CT molecular complexity index is 203. The Balaban J connectivity index is 2.04. The maximum Gasteiger partial charge on any atom is 0.171 e. The van der Waals surface area contributed by atoms with Gasteiger partial charge in [-0.3, -0.25) is 0 Å². The van der Waals surface area contributed by atoms with Crippen molar-refractivity contribution < 1.29 is 4.52 Å². The minimum atomic E-state index is 0.429. The molecule has 1 aromatic heterocycles. The Morgan fingerprint density at radius 1 is 1.64 bits per heavy atom. The van der Waals surface area contributed by atoms with Crippen LogP contribution in [0.2, 0.25) is 0 Å². The van der Waals surface area contributed by atoms with E-state index in [-0.39, 0.29) is 0 Å². The Morgan fingerprint density at radius 2 is 2.64 bits per heavy atom. The quantitative estimate of drug-likeness (QED) is 0.630. The monoisotopic (exact) mass is 152 g/mol. The first-order chi connectivity index (χ1) is 5.47. The largest absolute Gasteiger partial charge is 0.341 e. The van der Waals surface area contributed by atoms with Crippen molar-refractivity contribution in [3.8, 4) is 0 Å². The third-order valence-corrected chi connectivity index (χ3v) is 2.01. The summed E-state index contributed by atoms with van der Waals surface area (Å²) in [6.45, 7) is 2.07. The second-order valence-electron chi connectivity index (χ2n) is 2.79. The zero-order valence-corrected chi connectivity index (χ0v) is 6.21. The highest BCUT2D eigenvalue weighted by molar-refractivity contribution is 4.97. The Hall–Kier alpha value is -0.900. The molecule has 0 saturated carbocycles. The first kappa shape index (κ1) is 6.79. The molecule has 1 aliphatic rings. The number of nitrogens with one attached hydrogen (secondary N) is 1. The van der Waals surface area contributed by atoms with E-state index < -0.39 is 0 Å². The SMILES string of the molecule is [c]1nnoc1C1CCCNC1. The summed E-state index contributed by atoms with van der Waals surface area (Å²) in [6, 6.07) is 0. The lowest BCUT2D eigenvalue weighted by Gasteiger charge is -2.19. The molecule has 0 bridgehead atoms. The summed E-state index contributed by atoms with van der Waals surface area (Å²) in [5, 5.41) is 10.2. The second kappa shape index (κ2) is 3.00. The van der Waals surface area contributed by atoms with Gasteiger partial charge in [0.15, 0.2) is 12.0 Å². The van der Waals surface area contributed by atoms with Gasteiger partial charge in [-0.05, 0) is 19.4 Å². The van der Waals surface area contributed by atoms with Gasteiger partial charge >= 0.3 is 0 Å². The molecule has 0 aliphatic carbocycles. The van der Waals surface area contributed by atoms with Crippen LogP contribution < -0.4 is 5.32 Å².